The van der Waals surface area contributed by atoms with Crippen LogP contribution in [0.4, 0.5) is 11.4 Å². The lowest BCUT2D eigenvalue weighted by Gasteiger charge is -2.35. The van der Waals surface area contributed by atoms with Crippen LogP contribution in [0, 0.1) is 0 Å². The van der Waals surface area contributed by atoms with Crippen molar-refractivity contribution in [3.8, 4) is 5.75 Å². The highest BCUT2D eigenvalue weighted by atomic mass is 32.1. The van der Waals surface area contributed by atoms with Crippen molar-refractivity contribution in [1.82, 2.24) is 15.6 Å². The molecule has 3 aliphatic rings. The molecule has 6 rings (SSSR count). The van der Waals surface area contributed by atoms with E-state index in [1.54, 1.807) is 0 Å². The Morgan fingerprint density at radius 1 is 1.24 bits per heavy atom. The third-order valence-electron chi connectivity index (χ3n) is 7.31. The topological polar surface area (TPSA) is 78.5 Å². The van der Waals surface area contributed by atoms with Gasteiger partial charge in [-0.15, -0.1) is 11.3 Å². The van der Waals surface area contributed by atoms with Crippen molar-refractivity contribution in [2.24, 2.45) is 0 Å². The zero-order chi connectivity index (χ0) is 23.2. The first kappa shape index (κ1) is 21.7. The summed E-state index contributed by atoms with van der Waals surface area (Å²) in [7, 11) is 1.85. The summed E-state index contributed by atoms with van der Waals surface area (Å²) in [6.07, 6.45) is 4.19. The predicted octanol–water partition coefficient (Wildman–Crippen LogP) is 3.57. The van der Waals surface area contributed by atoms with Crippen molar-refractivity contribution in [2.75, 3.05) is 37.0 Å². The number of nitrogens with one attached hydrogen (secondary N) is 3. The molecule has 2 aromatic heterocycles. The van der Waals surface area contributed by atoms with Gasteiger partial charge in [0.25, 0.3) is 5.91 Å². The molecule has 0 saturated carbocycles. The van der Waals surface area contributed by atoms with Crippen molar-refractivity contribution >= 4 is 38.8 Å². The maximum Gasteiger partial charge on any atom is 0.263 e. The first-order valence-electron chi connectivity index (χ1n) is 12.3. The lowest BCUT2D eigenvalue weighted by molar-refractivity contribution is 0.0920. The molecule has 0 aliphatic carbocycles. The monoisotopic (exact) mass is 477 g/mol. The maximum atomic E-state index is 13.2. The minimum Gasteiger partial charge on any atom is -0.491 e. The zero-order valence-electron chi connectivity index (χ0n) is 19.7. The smallest absolute Gasteiger partial charge is 0.263 e. The van der Waals surface area contributed by atoms with E-state index in [-0.39, 0.29) is 11.9 Å². The van der Waals surface area contributed by atoms with E-state index in [2.05, 4.69) is 52.0 Å². The van der Waals surface area contributed by atoms with Crippen LogP contribution in [-0.4, -0.2) is 55.8 Å². The average molecular weight is 478 g/mol. The molecule has 0 spiro atoms. The van der Waals surface area contributed by atoms with E-state index < -0.39 is 0 Å². The SMILES string of the molecule is CCc1ccc2c(NC)c(C(=O)N[C@H]3COc4cc(N5CC6CCC(C5)N6)ccc4C3)sc2n1. The Kier molecular flexibility index (Phi) is 5.57. The highest BCUT2D eigenvalue weighted by molar-refractivity contribution is 7.21. The number of hydrogen-bond acceptors (Lipinski definition) is 7. The number of aryl methyl sites for hydroxylation is 1. The van der Waals surface area contributed by atoms with Crippen LogP contribution in [0.1, 0.15) is 40.7 Å². The largest absolute Gasteiger partial charge is 0.491 e. The molecule has 3 N–H and O–H groups in total. The number of anilines is 2. The Balaban J connectivity index is 1.16. The number of amides is 1. The van der Waals surface area contributed by atoms with Crippen LogP contribution in [0.15, 0.2) is 30.3 Å². The Labute approximate surface area is 203 Å². The molecule has 8 heteroatoms. The van der Waals surface area contributed by atoms with Crippen LogP contribution in [0.5, 0.6) is 5.75 Å². The van der Waals surface area contributed by atoms with E-state index in [0.717, 1.165) is 58.8 Å². The summed E-state index contributed by atoms with van der Waals surface area (Å²) in [5.41, 5.74) is 4.27. The van der Waals surface area contributed by atoms with Crippen molar-refractivity contribution in [3.63, 3.8) is 0 Å². The molecule has 3 aromatic rings. The fraction of sp³-hybridized carbons (Fsp3) is 0.462. The number of thiophene rings is 1. The molecule has 3 aliphatic heterocycles. The number of ether oxygens (including phenoxy) is 1. The molecule has 3 atom stereocenters. The third-order valence-corrected chi connectivity index (χ3v) is 8.40. The molecule has 1 amide bonds. The van der Waals surface area contributed by atoms with Crippen LogP contribution < -0.4 is 25.6 Å². The van der Waals surface area contributed by atoms with Gasteiger partial charge in [-0.3, -0.25) is 4.79 Å². The molecule has 2 saturated heterocycles. The number of pyridine rings is 1. The summed E-state index contributed by atoms with van der Waals surface area (Å²) in [6, 6.07) is 11.8. The van der Waals surface area contributed by atoms with E-state index in [0.29, 0.717) is 23.6 Å². The van der Waals surface area contributed by atoms with Crippen molar-refractivity contribution < 1.29 is 9.53 Å². The van der Waals surface area contributed by atoms with Crippen molar-refractivity contribution in [3.05, 3.63) is 46.5 Å². The number of benzene rings is 1. The van der Waals surface area contributed by atoms with E-state index in [1.165, 1.54) is 29.9 Å². The quantitative estimate of drug-likeness (QED) is 0.522. The van der Waals surface area contributed by atoms with E-state index in [9.17, 15) is 4.79 Å². The molecule has 34 heavy (non-hydrogen) atoms. The van der Waals surface area contributed by atoms with Gasteiger partial charge >= 0.3 is 0 Å². The van der Waals surface area contributed by atoms with Gasteiger partial charge in [0.2, 0.25) is 0 Å². The van der Waals surface area contributed by atoms with Gasteiger partial charge in [0.05, 0.1) is 11.7 Å². The second-order valence-electron chi connectivity index (χ2n) is 9.59. The summed E-state index contributed by atoms with van der Waals surface area (Å²) < 4.78 is 6.14. The number of carbonyl (C=O) groups excluding carboxylic acids is 1. The van der Waals surface area contributed by atoms with Crippen molar-refractivity contribution in [1.29, 1.82) is 0 Å². The molecule has 2 unspecified atom stereocenters. The van der Waals surface area contributed by atoms with Crippen LogP contribution in [-0.2, 0) is 12.8 Å². The lowest BCUT2D eigenvalue weighted by atomic mass is 10.0. The Morgan fingerprint density at radius 3 is 2.82 bits per heavy atom. The van der Waals surface area contributed by atoms with Crippen LogP contribution >= 0.6 is 11.3 Å². The number of aromatic nitrogens is 1. The van der Waals surface area contributed by atoms with Gasteiger partial charge < -0.3 is 25.6 Å². The zero-order valence-corrected chi connectivity index (χ0v) is 20.5. The molecule has 2 bridgehead atoms. The predicted molar refractivity (Wildman–Crippen MR) is 138 cm³/mol. The Morgan fingerprint density at radius 2 is 2.06 bits per heavy atom. The lowest BCUT2D eigenvalue weighted by Crippen LogP contribution is -2.51. The van der Waals surface area contributed by atoms with Gasteiger partial charge in [-0.25, -0.2) is 4.98 Å². The van der Waals surface area contributed by atoms with Gasteiger partial charge in [0.1, 0.15) is 22.1 Å². The molecule has 7 nitrogen and oxygen atoms in total. The highest BCUT2D eigenvalue weighted by Gasteiger charge is 2.33. The normalized spacial score (nSPS) is 23.5. The molecular weight excluding hydrogens is 446 g/mol. The summed E-state index contributed by atoms with van der Waals surface area (Å²) in [4.78, 5) is 22.0. The molecule has 178 valence electrons. The fourth-order valence-electron chi connectivity index (χ4n) is 5.53. The second kappa shape index (κ2) is 8.74. The average Bonchev–Trinajstić information content (AvgIpc) is 3.41. The molecule has 0 radical (unpaired) electrons. The third kappa shape index (κ3) is 3.88. The van der Waals surface area contributed by atoms with Crippen LogP contribution in [0.3, 0.4) is 0 Å². The number of carbonyl (C=O) groups is 1. The van der Waals surface area contributed by atoms with E-state index in [4.69, 9.17) is 9.72 Å². The Bertz CT molecular complexity index is 1230. The first-order chi connectivity index (χ1) is 16.6. The molecule has 2 fully saturated rings. The van der Waals surface area contributed by atoms with Gasteiger partial charge in [-0.2, -0.15) is 0 Å². The number of piperazine rings is 1. The summed E-state index contributed by atoms with van der Waals surface area (Å²) >= 11 is 1.45. The van der Waals surface area contributed by atoms with Gasteiger partial charge in [-0.05, 0) is 49.4 Å². The molecule has 5 heterocycles. The number of hydrogen-bond donors (Lipinski definition) is 3. The van der Waals surface area contributed by atoms with E-state index in [1.807, 2.05) is 13.1 Å². The number of nitrogens with zero attached hydrogens (tertiary/aromatic N) is 2. The summed E-state index contributed by atoms with van der Waals surface area (Å²) in [6.45, 7) is 4.69. The highest BCUT2D eigenvalue weighted by Crippen LogP contribution is 2.36. The second-order valence-corrected chi connectivity index (χ2v) is 10.6. The minimum absolute atomic E-state index is 0.0602. The van der Waals surface area contributed by atoms with Gasteiger partial charge in [0.15, 0.2) is 0 Å². The fourth-order valence-corrected chi connectivity index (χ4v) is 6.63. The number of rotatable bonds is 5. The standard InChI is InChI=1S/C26H31N5O2S/c1-3-16-7-9-21-23(27-2)24(34-26(21)30-16)25(32)29-19-10-15-4-8-20(11-22(15)33-14-19)31-12-17-5-6-18(13-31)28-17/h4,7-9,11,17-19,27-28H,3,5-6,10,12-14H2,1-2H3,(H,29,32)/t17?,18?,19-/m1/s1. The van der Waals surface area contributed by atoms with E-state index >= 15 is 0 Å². The van der Waals surface area contributed by atoms with Gasteiger partial charge in [-0.1, -0.05) is 13.0 Å². The molecule has 1 aromatic carbocycles. The first-order valence-corrected chi connectivity index (χ1v) is 13.1. The van der Waals surface area contributed by atoms with Crippen LogP contribution in [0.25, 0.3) is 10.2 Å². The van der Waals surface area contributed by atoms with Crippen LogP contribution in [0.2, 0.25) is 0 Å². The minimum atomic E-state index is -0.0737. The van der Waals surface area contributed by atoms with Gasteiger partial charge in [0, 0.05) is 55.1 Å². The molecular formula is C26H31N5O2S. The summed E-state index contributed by atoms with van der Waals surface area (Å²) in [5.74, 6) is 0.873. The van der Waals surface area contributed by atoms with Crippen molar-refractivity contribution in [2.45, 2.75) is 50.7 Å². The maximum absolute atomic E-state index is 13.2. The number of fused-ring (bicyclic) bond motifs is 4. The summed E-state index contributed by atoms with van der Waals surface area (Å²) in [5, 5.41) is 11.1. The Hall–Kier alpha value is -2.84.